The van der Waals surface area contributed by atoms with Gasteiger partial charge in [-0.05, 0) is 67.4 Å². The van der Waals surface area contributed by atoms with E-state index in [2.05, 4.69) is 15.5 Å². The molecule has 4 rings (SSSR count). The van der Waals surface area contributed by atoms with Crippen molar-refractivity contribution in [2.24, 2.45) is 5.92 Å². The normalized spacial score (nSPS) is 18.0. The number of benzene rings is 3. The highest BCUT2D eigenvalue weighted by Crippen LogP contribution is 2.34. The zero-order valence-corrected chi connectivity index (χ0v) is 21.5. The maximum atomic E-state index is 13.3. The summed E-state index contributed by atoms with van der Waals surface area (Å²) in [5.74, 6) is -1.26. The smallest absolute Gasteiger partial charge is 0.248 e. The van der Waals surface area contributed by atoms with Crippen molar-refractivity contribution in [2.45, 2.75) is 25.4 Å². The molecule has 0 saturated carbocycles. The molecule has 0 spiro atoms. The van der Waals surface area contributed by atoms with Crippen LogP contribution in [0.1, 0.15) is 30.9 Å². The summed E-state index contributed by atoms with van der Waals surface area (Å²) in [5, 5.41) is 16.0. The highest BCUT2D eigenvalue weighted by atomic mass is 19.1. The molecule has 1 aliphatic rings. The van der Waals surface area contributed by atoms with Gasteiger partial charge in [-0.1, -0.05) is 36.4 Å². The number of hydrogen-bond acceptors (Lipinski definition) is 5. The fraction of sp³-hybridized carbons (Fsp3) is 0.267. The van der Waals surface area contributed by atoms with E-state index < -0.39 is 5.60 Å². The number of nitrogens with one attached hydrogen (secondary N) is 2. The number of amides is 2. The Morgan fingerprint density at radius 1 is 1.03 bits per heavy atom. The SMILES string of the molecule is CC(C)(O)CN1CC(C(=O)Nc2ccc(F)cc2)C(c2ccc(/C=C/C(=O)Nc3ccccc3N)cc2)C1. The minimum Gasteiger partial charge on any atom is -0.397 e. The fourth-order valence-electron chi connectivity index (χ4n) is 4.74. The van der Waals surface area contributed by atoms with Crippen molar-refractivity contribution in [1.29, 1.82) is 0 Å². The van der Waals surface area contributed by atoms with Crippen LogP contribution in [0, 0.1) is 11.7 Å². The number of nitrogens with two attached hydrogens (primary N) is 1. The Morgan fingerprint density at radius 3 is 2.37 bits per heavy atom. The van der Waals surface area contributed by atoms with Crippen molar-refractivity contribution in [1.82, 2.24) is 4.90 Å². The molecule has 1 fully saturated rings. The van der Waals surface area contributed by atoms with E-state index in [1.165, 1.54) is 30.3 Å². The molecule has 2 unspecified atom stereocenters. The van der Waals surface area contributed by atoms with Gasteiger partial charge in [0.15, 0.2) is 0 Å². The highest BCUT2D eigenvalue weighted by molar-refractivity contribution is 6.03. The van der Waals surface area contributed by atoms with Crippen LogP contribution >= 0.6 is 0 Å². The quantitative estimate of drug-likeness (QED) is 0.261. The molecule has 0 radical (unpaired) electrons. The number of halogens is 1. The van der Waals surface area contributed by atoms with Gasteiger partial charge < -0.3 is 21.5 Å². The maximum absolute atomic E-state index is 13.3. The van der Waals surface area contributed by atoms with Gasteiger partial charge in [-0.3, -0.25) is 14.5 Å². The van der Waals surface area contributed by atoms with E-state index in [9.17, 15) is 19.1 Å². The molecule has 38 heavy (non-hydrogen) atoms. The molecule has 1 heterocycles. The summed E-state index contributed by atoms with van der Waals surface area (Å²) < 4.78 is 13.3. The summed E-state index contributed by atoms with van der Waals surface area (Å²) in [6.45, 7) is 5.04. The Hall–Kier alpha value is -4.01. The summed E-state index contributed by atoms with van der Waals surface area (Å²) >= 11 is 0. The molecule has 8 heteroatoms. The summed E-state index contributed by atoms with van der Waals surface area (Å²) in [6.07, 6.45) is 3.16. The van der Waals surface area contributed by atoms with Gasteiger partial charge in [0.05, 0.1) is 22.9 Å². The second-order valence-corrected chi connectivity index (χ2v) is 10.3. The molecule has 0 aliphatic carbocycles. The molecule has 3 aromatic carbocycles. The van der Waals surface area contributed by atoms with Gasteiger partial charge in [-0.2, -0.15) is 0 Å². The minimum atomic E-state index is -0.896. The number of hydrogen-bond donors (Lipinski definition) is 4. The molecule has 7 nitrogen and oxygen atoms in total. The van der Waals surface area contributed by atoms with Crippen molar-refractivity contribution in [3.8, 4) is 0 Å². The molecule has 198 valence electrons. The molecule has 0 aromatic heterocycles. The third kappa shape index (κ3) is 7.27. The van der Waals surface area contributed by atoms with E-state index in [0.717, 1.165) is 11.1 Å². The van der Waals surface area contributed by atoms with Crippen molar-refractivity contribution >= 4 is 35.0 Å². The highest BCUT2D eigenvalue weighted by Gasteiger charge is 2.39. The lowest BCUT2D eigenvalue weighted by Gasteiger charge is -2.25. The number of aliphatic hydroxyl groups is 1. The number of rotatable bonds is 8. The second kappa shape index (κ2) is 11.6. The van der Waals surface area contributed by atoms with Crippen LogP contribution in [-0.2, 0) is 9.59 Å². The Kier molecular flexibility index (Phi) is 8.24. The molecule has 2 amide bonds. The van der Waals surface area contributed by atoms with E-state index in [4.69, 9.17) is 5.73 Å². The van der Waals surface area contributed by atoms with Gasteiger partial charge in [0.1, 0.15) is 5.82 Å². The zero-order valence-electron chi connectivity index (χ0n) is 21.5. The van der Waals surface area contributed by atoms with Crippen LogP contribution in [0.15, 0.2) is 78.9 Å². The van der Waals surface area contributed by atoms with Gasteiger partial charge in [0.25, 0.3) is 0 Å². The van der Waals surface area contributed by atoms with E-state index >= 15 is 0 Å². The van der Waals surface area contributed by atoms with Crippen molar-refractivity contribution in [3.63, 3.8) is 0 Å². The third-order valence-corrected chi connectivity index (χ3v) is 6.47. The molecule has 0 bridgehead atoms. The number of carbonyl (C=O) groups is 2. The molecular weight excluding hydrogens is 483 g/mol. The number of anilines is 3. The van der Waals surface area contributed by atoms with Gasteiger partial charge in [-0.15, -0.1) is 0 Å². The van der Waals surface area contributed by atoms with E-state index in [-0.39, 0.29) is 29.5 Å². The van der Waals surface area contributed by atoms with Crippen LogP contribution < -0.4 is 16.4 Å². The largest absolute Gasteiger partial charge is 0.397 e. The number of nitrogen functional groups attached to an aromatic ring is 1. The molecule has 1 aliphatic heterocycles. The van der Waals surface area contributed by atoms with Crippen LogP contribution in [0.3, 0.4) is 0 Å². The van der Waals surface area contributed by atoms with Crippen LogP contribution in [0.25, 0.3) is 6.08 Å². The number of likely N-dealkylation sites (tertiary alicyclic amines) is 1. The lowest BCUT2D eigenvalue weighted by atomic mass is 9.88. The third-order valence-electron chi connectivity index (χ3n) is 6.47. The predicted octanol–water partition coefficient (Wildman–Crippen LogP) is 4.48. The van der Waals surface area contributed by atoms with E-state index in [0.29, 0.717) is 36.7 Å². The number of carbonyl (C=O) groups excluding carboxylic acids is 2. The Bertz CT molecular complexity index is 1300. The first-order chi connectivity index (χ1) is 18.1. The van der Waals surface area contributed by atoms with Gasteiger partial charge in [0.2, 0.25) is 11.8 Å². The predicted molar refractivity (Wildman–Crippen MR) is 149 cm³/mol. The number of para-hydroxylation sites is 2. The lowest BCUT2D eigenvalue weighted by molar-refractivity contribution is -0.120. The number of nitrogens with zero attached hydrogens (tertiary/aromatic N) is 1. The molecule has 5 N–H and O–H groups in total. The first-order valence-corrected chi connectivity index (χ1v) is 12.5. The van der Waals surface area contributed by atoms with Crippen molar-refractivity contribution in [2.75, 3.05) is 36.0 Å². The molecule has 1 saturated heterocycles. The average molecular weight is 517 g/mol. The minimum absolute atomic E-state index is 0.0971. The van der Waals surface area contributed by atoms with Crippen molar-refractivity contribution < 1.29 is 19.1 Å². The van der Waals surface area contributed by atoms with Crippen molar-refractivity contribution in [3.05, 3.63) is 95.8 Å². The topological polar surface area (TPSA) is 108 Å². The standard InChI is InChI=1S/C30H33FN4O3/c1-30(2,38)19-35-17-24(25(18-35)29(37)33-23-14-12-22(31)13-15-23)21-10-7-20(8-11-21)9-16-28(36)34-27-6-4-3-5-26(27)32/h3-16,24-25,38H,17-19,32H2,1-2H3,(H,33,37)(H,34,36)/b16-9+. The Morgan fingerprint density at radius 2 is 1.71 bits per heavy atom. The van der Waals surface area contributed by atoms with Gasteiger partial charge >= 0.3 is 0 Å². The first-order valence-electron chi connectivity index (χ1n) is 12.5. The zero-order chi connectivity index (χ0) is 27.3. The van der Waals surface area contributed by atoms with Crippen LogP contribution in [0.5, 0.6) is 0 Å². The first kappa shape index (κ1) is 27.0. The average Bonchev–Trinajstić information content (AvgIpc) is 3.28. The van der Waals surface area contributed by atoms with Gasteiger partial charge in [-0.25, -0.2) is 4.39 Å². The van der Waals surface area contributed by atoms with E-state index in [1.54, 1.807) is 44.2 Å². The maximum Gasteiger partial charge on any atom is 0.248 e. The Balaban J connectivity index is 1.46. The van der Waals surface area contributed by atoms with Crippen LogP contribution in [0.4, 0.5) is 21.5 Å². The fourth-order valence-corrected chi connectivity index (χ4v) is 4.74. The summed E-state index contributed by atoms with van der Waals surface area (Å²) in [6, 6.07) is 20.5. The lowest BCUT2D eigenvalue weighted by Crippen LogP contribution is -2.38. The van der Waals surface area contributed by atoms with Gasteiger partial charge in [0, 0.05) is 37.3 Å². The molecule has 3 aromatic rings. The van der Waals surface area contributed by atoms with Crippen LogP contribution in [0.2, 0.25) is 0 Å². The summed E-state index contributed by atoms with van der Waals surface area (Å²) in [7, 11) is 0. The van der Waals surface area contributed by atoms with E-state index in [1.807, 2.05) is 24.3 Å². The summed E-state index contributed by atoms with van der Waals surface area (Å²) in [4.78, 5) is 27.7. The second-order valence-electron chi connectivity index (χ2n) is 10.3. The molecular formula is C30H33FN4O3. The summed E-state index contributed by atoms with van der Waals surface area (Å²) in [5.41, 5.74) is 8.39. The monoisotopic (exact) mass is 516 g/mol. The Labute approximate surface area is 222 Å². The molecule has 2 atom stereocenters. The van der Waals surface area contributed by atoms with Crippen LogP contribution in [-0.4, -0.2) is 47.1 Å². The number of β-amino-alcohol motifs (C(OH)–C–C–N with tert-alkyl or cyclic N) is 1.